The van der Waals surface area contributed by atoms with Crippen molar-refractivity contribution in [2.45, 2.75) is 18.9 Å². The molecule has 130 valence electrons. The van der Waals surface area contributed by atoms with Crippen LogP contribution in [0, 0.1) is 0 Å². The van der Waals surface area contributed by atoms with Gasteiger partial charge in [0.05, 0.1) is 6.04 Å². The molecule has 0 bridgehead atoms. The second-order valence-corrected chi connectivity index (χ2v) is 11.7. The van der Waals surface area contributed by atoms with Gasteiger partial charge in [0.25, 0.3) is 0 Å². The van der Waals surface area contributed by atoms with Gasteiger partial charge in [-0.25, -0.2) is 9.34 Å². The predicted molar refractivity (Wildman–Crippen MR) is 109 cm³/mol. The van der Waals surface area contributed by atoms with Crippen molar-refractivity contribution in [3.63, 3.8) is 0 Å². The molecule has 25 heavy (non-hydrogen) atoms. The van der Waals surface area contributed by atoms with Gasteiger partial charge >= 0.3 is 0 Å². The van der Waals surface area contributed by atoms with Gasteiger partial charge in [-0.3, -0.25) is 0 Å². The Hall–Kier alpha value is -0.900. The van der Waals surface area contributed by atoms with Gasteiger partial charge in [0, 0.05) is 37.4 Å². The van der Waals surface area contributed by atoms with E-state index in [9.17, 15) is 0 Å². The fraction of sp³-hybridized carbons (Fsp3) is 0.368. The van der Waals surface area contributed by atoms with E-state index in [0.717, 1.165) is 31.1 Å². The maximum atomic E-state index is 6.44. The van der Waals surface area contributed by atoms with Crippen molar-refractivity contribution in [2.75, 3.05) is 31.4 Å². The number of rotatable bonds is 1. The number of hydrogen-bond acceptors (Lipinski definition) is 1. The number of benzene rings is 2. The zero-order valence-corrected chi connectivity index (χ0v) is 16.7. The zero-order valence-electron chi connectivity index (χ0n) is 14.2. The van der Waals surface area contributed by atoms with Crippen LogP contribution in [0.3, 0.4) is 0 Å². The minimum absolute atomic E-state index is 0.223. The fourth-order valence-electron chi connectivity index (χ4n) is 4.43. The Labute approximate surface area is 159 Å². The first-order chi connectivity index (χ1) is 12.1. The molecule has 1 fully saturated rings. The average molecular weight is 390 g/mol. The molecule has 3 heterocycles. The Morgan fingerprint density at radius 3 is 2.64 bits per heavy atom. The normalized spacial score (nSPS) is 28.7. The molecular weight excluding hydrogens is 369 g/mol. The first kappa shape index (κ1) is 16.3. The van der Waals surface area contributed by atoms with Gasteiger partial charge in [-0.2, -0.15) is 0 Å². The molecule has 3 nitrogen and oxygen atoms in total. The molecule has 6 heteroatoms. The quantitative estimate of drug-likeness (QED) is 0.655. The van der Waals surface area contributed by atoms with E-state index >= 15 is 0 Å². The van der Waals surface area contributed by atoms with Gasteiger partial charge in [0.15, 0.2) is 6.49 Å². The van der Waals surface area contributed by atoms with Crippen LogP contribution >= 0.6 is 18.1 Å². The lowest BCUT2D eigenvalue weighted by Gasteiger charge is -2.58. The Bertz CT molecular complexity index is 898. The molecule has 5 rings (SSSR count). The molecule has 0 aromatic heterocycles. The standard InChI is InChI=1S/C19H21ClN3PS/c1-21-18-8-7-15(20)13-17(18)19-16-6-3-2-5-14(16)9-12-23(19)24(21,25)22-10-4-11-22/h2-3,5-8,13,19H,4,9-12H2,1H3. The largest absolute Gasteiger partial charge is 0.323 e. The maximum absolute atomic E-state index is 6.44. The summed E-state index contributed by atoms with van der Waals surface area (Å²) in [6.07, 6.45) is 2.33. The van der Waals surface area contributed by atoms with Crippen LogP contribution < -0.4 is 4.67 Å². The third-order valence-corrected chi connectivity index (χ3v) is 11.3. The number of fused-ring (bicyclic) bond motifs is 5. The van der Waals surface area contributed by atoms with Crippen molar-refractivity contribution >= 4 is 35.6 Å². The Morgan fingerprint density at radius 2 is 1.88 bits per heavy atom. The molecule has 0 aliphatic carbocycles. The van der Waals surface area contributed by atoms with E-state index in [1.165, 1.54) is 28.8 Å². The Balaban J connectivity index is 1.77. The molecule has 0 spiro atoms. The fourth-order valence-corrected chi connectivity index (χ4v) is 9.11. The lowest BCUT2D eigenvalue weighted by atomic mass is 9.89. The summed E-state index contributed by atoms with van der Waals surface area (Å²) in [5.74, 6) is 0. The molecule has 2 atom stereocenters. The molecule has 2 aromatic carbocycles. The molecule has 1 saturated heterocycles. The third kappa shape index (κ3) is 2.22. The monoisotopic (exact) mass is 389 g/mol. The summed E-state index contributed by atoms with van der Waals surface area (Å²) in [7, 11) is 2.18. The highest BCUT2D eigenvalue weighted by Crippen LogP contribution is 2.68. The first-order valence-electron chi connectivity index (χ1n) is 8.85. The van der Waals surface area contributed by atoms with Gasteiger partial charge in [-0.1, -0.05) is 35.9 Å². The third-order valence-electron chi connectivity index (χ3n) is 5.82. The van der Waals surface area contributed by atoms with E-state index in [0.29, 0.717) is 0 Å². The molecule has 2 unspecified atom stereocenters. The van der Waals surface area contributed by atoms with Crippen LogP contribution in [0.2, 0.25) is 5.02 Å². The second-order valence-electron chi connectivity index (χ2n) is 7.06. The van der Waals surface area contributed by atoms with Crippen molar-refractivity contribution < 1.29 is 0 Å². The number of nitrogens with zero attached hydrogens (tertiary/aromatic N) is 3. The van der Waals surface area contributed by atoms with Crippen LogP contribution in [0.4, 0.5) is 5.69 Å². The van der Waals surface area contributed by atoms with Crippen molar-refractivity contribution in [1.82, 2.24) is 9.34 Å². The lowest BCUT2D eigenvalue weighted by Crippen LogP contribution is -2.50. The van der Waals surface area contributed by atoms with Gasteiger partial charge in [-0.15, -0.1) is 0 Å². The summed E-state index contributed by atoms with van der Waals surface area (Å²) in [6, 6.07) is 15.4. The van der Waals surface area contributed by atoms with Crippen molar-refractivity contribution in [3.8, 4) is 0 Å². The molecular formula is C19H21ClN3PS. The van der Waals surface area contributed by atoms with Crippen LogP contribution in [0.15, 0.2) is 42.5 Å². The Morgan fingerprint density at radius 1 is 1.08 bits per heavy atom. The summed E-state index contributed by atoms with van der Waals surface area (Å²) < 4.78 is 7.54. The van der Waals surface area contributed by atoms with Crippen LogP contribution in [0.1, 0.15) is 29.2 Å². The van der Waals surface area contributed by atoms with Crippen LogP contribution in [-0.4, -0.2) is 36.0 Å². The smallest absolute Gasteiger partial charge is 0.170 e. The molecule has 2 aromatic rings. The van der Waals surface area contributed by atoms with Crippen molar-refractivity contribution in [1.29, 1.82) is 0 Å². The van der Waals surface area contributed by atoms with Crippen molar-refractivity contribution in [3.05, 3.63) is 64.2 Å². The summed E-state index contributed by atoms with van der Waals surface area (Å²) in [5.41, 5.74) is 5.39. The number of halogens is 1. The summed E-state index contributed by atoms with van der Waals surface area (Å²) in [6.45, 7) is 1.31. The zero-order chi connectivity index (χ0) is 17.2. The van der Waals surface area contributed by atoms with Gasteiger partial charge < -0.3 is 4.67 Å². The van der Waals surface area contributed by atoms with Crippen molar-refractivity contribution in [2.24, 2.45) is 0 Å². The van der Waals surface area contributed by atoms with E-state index in [4.69, 9.17) is 23.4 Å². The topological polar surface area (TPSA) is 9.72 Å². The van der Waals surface area contributed by atoms with Crippen LogP contribution in [-0.2, 0) is 18.2 Å². The van der Waals surface area contributed by atoms with E-state index in [-0.39, 0.29) is 6.04 Å². The number of hydrogen-bond donors (Lipinski definition) is 0. The van der Waals surface area contributed by atoms with E-state index in [1.807, 2.05) is 6.07 Å². The van der Waals surface area contributed by atoms with Gasteiger partial charge in [0.2, 0.25) is 0 Å². The summed E-state index contributed by atoms with van der Waals surface area (Å²) >= 11 is 12.8. The highest BCUT2D eigenvalue weighted by molar-refractivity contribution is 8.13. The molecule has 3 aliphatic heterocycles. The van der Waals surface area contributed by atoms with Crippen LogP contribution in [0.25, 0.3) is 0 Å². The maximum Gasteiger partial charge on any atom is 0.170 e. The highest BCUT2D eigenvalue weighted by atomic mass is 35.5. The van der Waals surface area contributed by atoms with Crippen LogP contribution in [0.5, 0.6) is 0 Å². The second kappa shape index (κ2) is 5.80. The minimum Gasteiger partial charge on any atom is -0.323 e. The summed E-state index contributed by atoms with van der Waals surface area (Å²) in [5, 5.41) is 0.800. The molecule has 0 radical (unpaired) electrons. The summed E-state index contributed by atoms with van der Waals surface area (Å²) in [4.78, 5) is 0. The highest BCUT2D eigenvalue weighted by Gasteiger charge is 2.49. The molecule has 0 saturated carbocycles. The average Bonchev–Trinajstić information content (AvgIpc) is 2.57. The van der Waals surface area contributed by atoms with E-state index < -0.39 is 6.49 Å². The minimum atomic E-state index is -1.95. The molecule has 0 N–H and O–H groups in total. The first-order valence-corrected chi connectivity index (χ1v) is 11.9. The number of anilines is 1. The van der Waals surface area contributed by atoms with E-state index in [1.54, 1.807) is 0 Å². The Kier molecular flexibility index (Phi) is 3.78. The van der Waals surface area contributed by atoms with E-state index in [2.05, 4.69) is 57.5 Å². The molecule has 0 amide bonds. The predicted octanol–water partition coefficient (Wildman–Crippen LogP) is 4.67. The molecule has 3 aliphatic rings. The van der Waals surface area contributed by atoms with Gasteiger partial charge in [-0.05, 0) is 59.5 Å². The SMILES string of the molecule is CN1c2ccc(Cl)cc2C2c3ccccc3CCN2P1(=S)N1CCC1. The van der Waals surface area contributed by atoms with Gasteiger partial charge in [0.1, 0.15) is 0 Å². The lowest BCUT2D eigenvalue weighted by molar-refractivity contribution is 0.273.